The largest absolute Gasteiger partial charge is 0.343 e. The van der Waals surface area contributed by atoms with Crippen molar-refractivity contribution in [2.45, 2.75) is 64.2 Å². The Bertz CT molecular complexity index is 1170. The Kier molecular flexibility index (Phi) is 6.82. The molecule has 1 saturated carbocycles. The molecule has 0 radical (unpaired) electrons. The van der Waals surface area contributed by atoms with Crippen LogP contribution in [-0.4, -0.2) is 59.4 Å². The van der Waals surface area contributed by atoms with E-state index in [1.807, 2.05) is 42.5 Å². The van der Waals surface area contributed by atoms with E-state index in [2.05, 4.69) is 31.3 Å². The predicted molar refractivity (Wildman–Crippen MR) is 139 cm³/mol. The maximum absolute atomic E-state index is 14.6. The van der Waals surface area contributed by atoms with E-state index >= 15 is 0 Å². The number of halogens is 1. The summed E-state index contributed by atoms with van der Waals surface area (Å²) in [6, 6.07) is 16.7. The van der Waals surface area contributed by atoms with E-state index in [1.54, 1.807) is 11.8 Å². The van der Waals surface area contributed by atoms with Crippen molar-refractivity contribution in [1.29, 1.82) is 0 Å². The zero-order chi connectivity index (χ0) is 26.3. The molecular weight excluding hydrogens is 469 g/mol. The van der Waals surface area contributed by atoms with E-state index in [4.69, 9.17) is 0 Å². The van der Waals surface area contributed by atoms with Crippen molar-refractivity contribution in [2.24, 2.45) is 11.3 Å². The lowest BCUT2D eigenvalue weighted by Gasteiger charge is -2.28. The summed E-state index contributed by atoms with van der Waals surface area (Å²) in [5.74, 6) is -0.312. The second-order valence-electron chi connectivity index (χ2n) is 11.3. The Morgan fingerprint density at radius 2 is 1.65 bits per heavy atom. The molecule has 1 N–H and O–H groups in total. The number of nitrogens with zero attached hydrogens (tertiary/aromatic N) is 2. The second-order valence-corrected chi connectivity index (χ2v) is 11.3. The molecule has 2 aromatic carbocycles. The van der Waals surface area contributed by atoms with E-state index in [0.717, 1.165) is 17.5 Å². The monoisotopic (exact) mass is 505 g/mol. The number of carbonyl (C=O) groups excluding carboxylic acids is 3. The Balaban J connectivity index is 1.33. The van der Waals surface area contributed by atoms with E-state index in [9.17, 15) is 18.8 Å². The summed E-state index contributed by atoms with van der Waals surface area (Å²) in [7, 11) is 0. The molecule has 196 valence electrons. The number of alkyl halides is 1. The molecule has 3 aliphatic rings. The molecule has 5 rings (SSSR count). The van der Waals surface area contributed by atoms with E-state index in [0.29, 0.717) is 25.4 Å². The van der Waals surface area contributed by atoms with Gasteiger partial charge in [0.2, 0.25) is 17.7 Å². The first kappa shape index (κ1) is 25.4. The van der Waals surface area contributed by atoms with Crippen LogP contribution in [0.1, 0.15) is 68.7 Å². The van der Waals surface area contributed by atoms with Crippen molar-refractivity contribution in [3.05, 3.63) is 71.3 Å². The molecule has 7 heteroatoms. The van der Waals surface area contributed by atoms with E-state index < -0.39 is 18.3 Å². The SMILES string of the molecule is CC(=O)N1CCC2(CC2C(=O)N2C[C@H](F)C[C@H]2C(=O)N[C@@H](c2ccccc2)c2ccc(C(C)C)cc2)C1. The summed E-state index contributed by atoms with van der Waals surface area (Å²) < 4.78 is 14.6. The lowest BCUT2D eigenvalue weighted by atomic mass is 9.95. The second kappa shape index (κ2) is 9.92. The van der Waals surface area contributed by atoms with Crippen LogP contribution in [0.2, 0.25) is 0 Å². The van der Waals surface area contributed by atoms with Crippen LogP contribution in [0.5, 0.6) is 0 Å². The van der Waals surface area contributed by atoms with E-state index in [1.165, 1.54) is 10.5 Å². The molecule has 1 aliphatic carbocycles. The molecule has 3 amide bonds. The van der Waals surface area contributed by atoms with Gasteiger partial charge in [-0.1, -0.05) is 68.4 Å². The summed E-state index contributed by atoms with van der Waals surface area (Å²) in [5, 5.41) is 3.14. The van der Waals surface area contributed by atoms with Gasteiger partial charge in [0.1, 0.15) is 12.2 Å². The number of amides is 3. The van der Waals surface area contributed by atoms with Crippen LogP contribution >= 0.6 is 0 Å². The van der Waals surface area contributed by atoms with Gasteiger partial charge in [0.15, 0.2) is 0 Å². The fraction of sp³-hybridized carbons (Fsp3) is 0.500. The minimum atomic E-state index is -1.23. The number of hydrogen-bond acceptors (Lipinski definition) is 3. The Hall–Kier alpha value is -3.22. The first-order valence-electron chi connectivity index (χ1n) is 13.3. The van der Waals surface area contributed by atoms with Crippen molar-refractivity contribution in [3.63, 3.8) is 0 Å². The summed E-state index contributed by atoms with van der Waals surface area (Å²) in [6.07, 6.45) is 0.263. The number of nitrogens with one attached hydrogen (secondary N) is 1. The van der Waals surface area contributed by atoms with Crippen LogP contribution in [0.15, 0.2) is 54.6 Å². The third-order valence-electron chi connectivity index (χ3n) is 8.51. The zero-order valence-electron chi connectivity index (χ0n) is 21.8. The average Bonchev–Trinajstić information content (AvgIpc) is 3.19. The Morgan fingerprint density at radius 3 is 2.27 bits per heavy atom. The Morgan fingerprint density at radius 1 is 1.00 bits per heavy atom. The van der Waals surface area contributed by atoms with Gasteiger partial charge in [-0.15, -0.1) is 0 Å². The van der Waals surface area contributed by atoms with E-state index in [-0.39, 0.29) is 42.0 Å². The predicted octanol–water partition coefficient (Wildman–Crippen LogP) is 4.21. The highest BCUT2D eigenvalue weighted by Crippen LogP contribution is 2.59. The molecule has 2 heterocycles. The third kappa shape index (κ3) is 5.00. The molecule has 2 aromatic rings. The molecule has 0 aromatic heterocycles. The molecule has 37 heavy (non-hydrogen) atoms. The zero-order valence-corrected chi connectivity index (χ0v) is 21.8. The highest BCUT2D eigenvalue weighted by Gasteiger charge is 2.63. The maximum Gasteiger partial charge on any atom is 0.243 e. The lowest BCUT2D eigenvalue weighted by molar-refractivity contribution is -0.140. The molecule has 5 atom stereocenters. The quantitative estimate of drug-likeness (QED) is 0.639. The summed E-state index contributed by atoms with van der Waals surface area (Å²) in [5.41, 5.74) is 2.87. The third-order valence-corrected chi connectivity index (χ3v) is 8.51. The van der Waals surface area contributed by atoms with Crippen molar-refractivity contribution < 1.29 is 18.8 Å². The van der Waals surface area contributed by atoms with Crippen LogP contribution in [0.3, 0.4) is 0 Å². The highest BCUT2D eigenvalue weighted by atomic mass is 19.1. The Labute approximate surface area is 218 Å². The van der Waals surface area contributed by atoms with Crippen molar-refractivity contribution in [2.75, 3.05) is 19.6 Å². The number of likely N-dealkylation sites (tertiary alicyclic amines) is 2. The van der Waals surface area contributed by atoms with Gasteiger partial charge >= 0.3 is 0 Å². The standard InChI is InChI=1S/C30H36FN3O3/c1-19(2)21-9-11-23(12-10-21)27(22-7-5-4-6-8-22)32-28(36)26-15-24(31)17-34(26)29(37)25-16-30(25)13-14-33(18-30)20(3)35/h4-12,19,24-27H,13-18H2,1-3H3,(H,32,36)/t24-,25?,26+,27+,30?/m1/s1. The van der Waals surface area contributed by atoms with Crippen LogP contribution in [0, 0.1) is 11.3 Å². The molecular formula is C30H36FN3O3. The van der Waals surface area contributed by atoms with Gasteiger partial charge in [0, 0.05) is 37.8 Å². The van der Waals surface area contributed by atoms with Crippen LogP contribution < -0.4 is 5.32 Å². The van der Waals surface area contributed by atoms with Crippen molar-refractivity contribution in [3.8, 4) is 0 Å². The lowest BCUT2D eigenvalue weighted by Crippen LogP contribution is -2.48. The fourth-order valence-electron chi connectivity index (χ4n) is 6.11. The van der Waals surface area contributed by atoms with Gasteiger partial charge in [-0.3, -0.25) is 14.4 Å². The minimum absolute atomic E-state index is 0.00462. The van der Waals surface area contributed by atoms with Crippen LogP contribution in [0.4, 0.5) is 4.39 Å². The topological polar surface area (TPSA) is 69.7 Å². The van der Waals surface area contributed by atoms with Gasteiger partial charge in [0.05, 0.1) is 12.6 Å². The normalized spacial score (nSPS) is 27.5. The smallest absolute Gasteiger partial charge is 0.243 e. The molecule has 6 nitrogen and oxygen atoms in total. The first-order chi connectivity index (χ1) is 17.7. The fourth-order valence-corrected chi connectivity index (χ4v) is 6.11. The molecule has 2 aliphatic heterocycles. The van der Waals surface area contributed by atoms with Crippen molar-refractivity contribution >= 4 is 17.7 Å². The number of hydrogen-bond donors (Lipinski definition) is 1. The van der Waals surface area contributed by atoms with Gasteiger partial charge in [0.25, 0.3) is 0 Å². The van der Waals surface area contributed by atoms with Gasteiger partial charge in [-0.25, -0.2) is 4.39 Å². The van der Waals surface area contributed by atoms with Crippen molar-refractivity contribution in [1.82, 2.24) is 15.1 Å². The first-order valence-corrected chi connectivity index (χ1v) is 13.3. The molecule has 3 fully saturated rings. The average molecular weight is 506 g/mol. The van der Waals surface area contributed by atoms with Gasteiger partial charge in [-0.05, 0) is 35.4 Å². The minimum Gasteiger partial charge on any atom is -0.343 e. The van der Waals surface area contributed by atoms with Crippen LogP contribution in [0.25, 0.3) is 0 Å². The van der Waals surface area contributed by atoms with Gasteiger partial charge < -0.3 is 15.1 Å². The summed E-state index contributed by atoms with van der Waals surface area (Å²) >= 11 is 0. The van der Waals surface area contributed by atoms with Crippen LogP contribution in [-0.2, 0) is 14.4 Å². The number of rotatable bonds is 6. The highest BCUT2D eigenvalue weighted by molar-refractivity contribution is 5.91. The molecule has 2 unspecified atom stereocenters. The maximum atomic E-state index is 14.6. The summed E-state index contributed by atoms with van der Waals surface area (Å²) in [6.45, 7) is 6.99. The molecule has 1 spiro atoms. The number of carbonyl (C=O) groups is 3. The summed E-state index contributed by atoms with van der Waals surface area (Å²) in [4.78, 5) is 42.2. The molecule has 2 saturated heterocycles. The van der Waals surface area contributed by atoms with Gasteiger partial charge in [-0.2, -0.15) is 0 Å². The number of benzene rings is 2. The molecule has 0 bridgehead atoms.